The van der Waals surface area contributed by atoms with Crippen LogP contribution in [0.1, 0.15) is 36.5 Å². The van der Waals surface area contributed by atoms with Gasteiger partial charge in [0, 0.05) is 6.42 Å². The van der Waals surface area contributed by atoms with Crippen molar-refractivity contribution in [2.24, 2.45) is 0 Å². The predicted molar refractivity (Wildman–Crippen MR) is 69.5 cm³/mol. The average Bonchev–Trinajstić information content (AvgIpc) is 2.35. The maximum absolute atomic E-state index is 11.9. The van der Waals surface area contributed by atoms with Gasteiger partial charge in [-0.1, -0.05) is 37.6 Å². The molecule has 17 heavy (non-hydrogen) atoms. The summed E-state index contributed by atoms with van der Waals surface area (Å²) in [7, 11) is 0. The van der Waals surface area contributed by atoms with E-state index in [1.54, 1.807) is 12.1 Å². The van der Waals surface area contributed by atoms with E-state index in [1.165, 1.54) is 0 Å². The molecule has 0 fully saturated rings. The van der Waals surface area contributed by atoms with Crippen LogP contribution in [0, 0.1) is 0 Å². The monoisotopic (exact) mass is 228 g/mol. The van der Waals surface area contributed by atoms with Gasteiger partial charge in [-0.15, -0.1) is 0 Å². The van der Waals surface area contributed by atoms with E-state index >= 15 is 0 Å². The van der Waals surface area contributed by atoms with Crippen molar-refractivity contribution in [1.29, 1.82) is 0 Å². The SMILES string of the molecule is CCCCC(=O)c1cc2ccccc2cc1O. The van der Waals surface area contributed by atoms with Gasteiger partial charge in [0.2, 0.25) is 0 Å². The number of unbranched alkanes of at least 4 members (excludes halogenated alkanes) is 1. The van der Waals surface area contributed by atoms with Crippen LogP contribution in [0.25, 0.3) is 10.8 Å². The van der Waals surface area contributed by atoms with E-state index in [0.717, 1.165) is 23.6 Å². The fourth-order valence-corrected chi connectivity index (χ4v) is 1.92. The molecule has 0 bridgehead atoms. The van der Waals surface area contributed by atoms with E-state index in [4.69, 9.17) is 0 Å². The summed E-state index contributed by atoms with van der Waals surface area (Å²) in [5, 5.41) is 11.8. The number of aromatic hydroxyl groups is 1. The van der Waals surface area contributed by atoms with E-state index in [9.17, 15) is 9.90 Å². The minimum atomic E-state index is 0.0232. The summed E-state index contributed by atoms with van der Waals surface area (Å²) in [5.74, 6) is 0.111. The lowest BCUT2D eigenvalue weighted by molar-refractivity contribution is 0.0977. The molecule has 0 spiro atoms. The highest BCUT2D eigenvalue weighted by Crippen LogP contribution is 2.26. The number of phenolic OH excluding ortho intramolecular Hbond substituents is 1. The molecule has 0 aliphatic carbocycles. The maximum Gasteiger partial charge on any atom is 0.166 e. The van der Waals surface area contributed by atoms with Crippen molar-refractivity contribution in [1.82, 2.24) is 0 Å². The molecule has 0 aliphatic rings. The first kappa shape index (κ1) is 11.6. The number of carbonyl (C=O) groups is 1. The number of benzene rings is 2. The van der Waals surface area contributed by atoms with Crippen molar-refractivity contribution in [3.63, 3.8) is 0 Å². The van der Waals surface area contributed by atoms with Crippen LogP contribution in [0.2, 0.25) is 0 Å². The molecular weight excluding hydrogens is 212 g/mol. The molecule has 88 valence electrons. The van der Waals surface area contributed by atoms with Crippen LogP contribution in [0.4, 0.5) is 0 Å². The quantitative estimate of drug-likeness (QED) is 0.805. The first-order valence-electron chi connectivity index (χ1n) is 5.97. The summed E-state index contributed by atoms with van der Waals surface area (Å²) in [6.45, 7) is 2.05. The lowest BCUT2D eigenvalue weighted by atomic mass is 10.0. The first-order chi connectivity index (χ1) is 8.22. The van der Waals surface area contributed by atoms with Crippen molar-refractivity contribution >= 4 is 16.6 Å². The highest BCUT2D eigenvalue weighted by molar-refractivity contribution is 6.02. The molecule has 0 aliphatic heterocycles. The van der Waals surface area contributed by atoms with Crippen LogP contribution in [0.5, 0.6) is 5.75 Å². The molecule has 0 heterocycles. The second-order valence-corrected chi connectivity index (χ2v) is 4.24. The summed E-state index contributed by atoms with van der Waals surface area (Å²) in [4.78, 5) is 11.9. The molecule has 2 aromatic rings. The minimum absolute atomic E-state index is 0.0232. The molecular formula is C15H16O2. The van der Waals surface area contributed by atoms with Gasteiger partial charge in [0.15, 0.2) is 5.78 Å². The Kier molecular flexibility index (Phi) is 3.43. The number of carbonyl (C=O) groups excluding carboxylic acids is 1. The summed E-state index contributed by atoms with van der Waals surface area (Å²) >= 11 is 0. The molecule has 2 heteroatoms. The second kappa shape index (κ2) is 5.00. The zero-order valence-electron chi connectivity index (χ0n) is 9.94. The van der Waals surface area contributed by atoms with Crippen LogP contribution in [0.3, 0.4) is 0 Å². The van der Waals surface area contributed by atoms with Crippen LogP contribution < -0.4 is 0 Å². The van der Waals surface area contributed by atoms with Crippen LogP contribution in [0.15, 0.2) is 36.4 Å². The Morgan fingerprint density at radius 1 is 1.18 bits per heavy atom. The molecule has 1 N–H and O–H groups in total. The number of Topliss-reactive ketones (excluding diaryl/α,β-unsaturated/α-hetero) is 1. The Bertz CT molecular complexity index is 544. The minimum Gasteiger partial charge on any atom is -0.507 e. The lowest BCUT2D eigenvalue weighted by Gasteiger charge is -2.06. The Morgan fingerprint density at radius 3 is 2.47 bits per heavy atom. The van der Waals surface area contributed by atoms with Gasteiger partial charge in [0.1, 0.15) is 5.75 Å². The summed E-state index contributed by atoms with van der Waals surface area (Å²) in [6, 6.07) is 11.2. The predicted octanol–water partition coefficient (Wildman–Crippen LogP) is 3.92. The summed E-state index contributed by atoms with van der Waals surface area (Å²) < 4.78 is 0. The Balaban J connectivity index is 2.40. The molecule has 0 aromatic heterocycles. The molecule has 0 amide bonds. The maximum atomic E-state index is 11.9. The zero-order chi connectivity index (χ0) is 12.3. The molecule has 0 saturated carbocycles. The number of rotatable bonds is 4. The summed E-state index contributed by atoms with van der Waals surface area (Å²) in [5.41, 5.74) is 0.442. The van der Waals surface area contributed by atoms with E-state index < -0.39 is 0 Å². The Hall–Kier alpha value is -1.83. The highest BCUT2D eigenvalue weighted by atomic mass is 16.3. The van der Waals surface area contributed by atoms with E-state index in [0.29, 0.717) is 12.0 Å². The van der Waals surface area contributed by atoms with Gasteiger partial charge < -0.3 is 5.11 Å². The van der Waals surface area contributed by atoms with Gasteiger partial charge in [0.05, 0.1) is 5.56 Å². The van der Waals surface area contributed by atoms with Crippen molar-refractivity contribution in [2.45, 2.75) is 26.2 Å². The van der Waals surface area contributed by atoms with Gasteiger partial charge in [0.25, 0.3) is 0 Å². The van der Waals surface area contributed by atoms with Crippen molar-refractivity contribution in [2.75, 3.05) is 0 Å². The molecule has 2 nitrogen and oxygen atoms in total. The lowest BCUT2D eigenvalue weighted by Crippen LogP contribution is -1.99. The van der Waals surface area contributed by atoms with Crippen LogP contribution in [-0.4, -0.2) is 10.9 Å². The average molecular weight is 228 g/mol. The molecule has 2 aromatic carbocycles. The van der Waals surface area contributed by atoms with Crippen molar-refractivity contribution < 1.29 is 9.90 Å². The summed E-state index contributed by atoms with van der Waals surface area (Å²) in [6.07, 6.45) is 2.35. The van der Waals surface area contributed by atoms with Crippen molar-refractivity contribution in [3.8, 4) is 5.75 Å². The van der Waals surface area contributed by atoms with Crippen LogP contribution >= 0.6 is 0 Å². The molecule has 2 rings (SSSR count). The van der Waals surface area contributed by atoms with E-state index in [1.807, 2.05) is 31.2 Å². The first-order valence-corrected chi connectivity index (χ1v) is 5.97. The van der Waals surface area contributed by atoms with Crippen molar-refractivity contribution in [3.05, 3.63) is 42.0 Å². The zero-order valence-corrected chi connectivity index (χ0v) is 9.94. The fourth-order valence-electron chi connectivity index (χ4n) is 1.92. The van der Waals surface area contributed by atoms with Gasteiger partial charge >= 0.3 is 0 Å². The molecule has 0 unspecified atom stereocenters. The standard InChI is InChI=1S/C15H16O2/c1-2-3-8-14(16)13-9-11-6-4-5-7-12(11)10-15(13)17/h4-7,9-10,17H,2-3,8H2,1H3. The van der Waals surface area contributed by atoms with E-state index in [2.05, 4.69) is 0 Å². The third-order valence-corrected chi connectivity index (χ3v) is 2.92. The molecule has 0 radical (unpaired) electrons. The number of hydrogen-bond donors (Lipinski definition) is 1. The number of phenols is 1. The fraction of sp³-hybridized carbons (Fsp3) is 0.267. The largest absolute Gasteiger partial charge is 0.507 e. The van der Waals surface area contributed by atoms with Crippen LogP contribution in [-0.2, 0) is 0 Å². The number of fused-ring (bicyclic) bond motifs is 1. The smallest absolute Gasteiger partial charge is 0.166 e. The normalized spacial score (nSPS) is 10.6. The van der Waals surface area contributed by atoms with Gasteiger partial charge in [-0.2, -0.15) is 0 Å². The number of ketones is 1. The second-order valence-electron chi connectivity index (χ2n) is 4.24. The third-order valence-electron chi connectivity index (χ3n) is 2.92. The van der Waals surface area contributed by atoms with E-state index in [-0.39, 0.29) is 11.5 Å². The Morgan fingerprint density at radius 2 is 1.82 bits per heavy atom. The highest BCUT2D eigenvalue weighted by Gasteiger charge is 2.11. The topological polar surface area (TPSA) is 37.3 Å². The number of hydrogen-bond acceptors (Lipinski definition) is 2. The van der Waals surface area contributed by atoms with Gasteiger partial charge in [-0.05, 0) is 29.3 Å². The molecule has 0 atom stereocenters. The van der Waals surface area contributed by atoms with Gasteiger partial charge in [-0.3, -0.25) is 4.79 Å². The van der Waals surface area contributed by atoms with Gasteiger partial charge in [-0.25, -0.2) is 0 Å². The Labute approximate surface area is 101 Å². The third kappa shape index (κ3) is 2.47. The molecule has 0 saturated heterocycles.